The number of aryl methyl sites for hydroxylation is 3. The Labute approximate surface area is 193 Å². The second-order valence-electron chi connectivity index (χ2n) is 7.56. The molecule has 0 atom stereocenters. The number of anilines is 2. The summed E-state index contributed by atoms with van der Waals surface area (Å²) >= 11 is 3.08. The number of carbonyl (C=O) groups excluding carboxylic acids is 1. The number of rotatable bonds is 6. The SMILES string of the molecule is Cc1cc(C)cc(N(C(=O)CCc2nc(-c3ccsc3)no2)c2nc3ccccc3s2)c1. The number of hydrogen-bond donors (Lipinski definition) is 0. The first-order valence-corrected chi connectivity index (χ1v) is 11.9. The lowest BCUT2D eigenvalue weighted by atomic mass is 10.1. The van der Waals surface area contributed by atoms with Gasteiger partial charge in [-0.15, -0.1) is 0 Å². The first-order chi connectivity index (χ1) is 15.6. The Hall–Kier alpha value is -3.36. The molecule has 5 aromatic rings. The van der Waals surface area contributed by atoms with Gasteiger partial charge in [-0.05, 0) is 60.7 Å². The molecule has 3 heterocycles. The molecule has 0 fully saturated rings. The van der Waals surface area contributed by atoms with E-state index in [0.717, 1.165) is 32.6 Å². The van der Waals surface area contributed by atoms with Crippen LogP contribution >= 0.6 is 22.7 Å². The summed E-state index contributed by atoms with van der Waals surface area (Å²) in [6.45, 7) is 4.06. The summed E-state index contributed by atoms with van der Waals surface area (Å²) in [6, 6.07) is 16.0. The number of fused-ring (bicyclic) bond motifs is 1. The van der Waals surface area contributed by atoms with Gasteiger partial charge in [-0.25, -0.2) is 4.98 Å². The fourth-order valence-corrected chi connectivity index (χ4v) is 5.23. The van der Waals surface area contributed by atoms with Gasteiger partial charge in [0.15, 0.2) is 5.13 Å². The fourth-order valence-electron chi connectivity index (χ4n) is 3.59. The lowest BCUT2D eigenvalue weighted by Gasteiger charge is -2.21. The second-order valence-corrected chi connectivity index (χ2v) is 9.35. The summed E-state index contributed by atoms with van der Waals surface area (Å²) in [6.07, 6.45) is 0.594. The second kappa shape index (κ2) is 8.64. The van der Waals surface area contributed by atoms with Gasteiger partial charge in [-0.1, -0.05) is 34.7 Å². The van der Waals surface area contributed by atoms with Crippen LogP contribution in [-0.2, 0) is 11.2 Å². The van der Waals surface area contributed by atoms with Crippen molar-refractivity contribution in [2.75, 3.05) is 4.90 Å². The van der Waals surface area contributed by atoms with Crippen LogP contribution in [0.5, 0.6) is 0 Å². The Morgan fingerprint density at radius 3 is 2.62 bits per heavy atom. The van der Waals surface area contributed by atoms with Gasteiger partial charge >= 0.3 is 0 Å². The number of aromatic nitrogens is 3. The van der Waals surface area contributed by atoms with Crippen LogP contribution in [0.2, 0.25) is 0 Å². The molecule has 0 saturated heterocycles. The van der Waals surface area contributed by atoms with Crippen molar-refractivity contribution < 1.29 is 9.32 Å². The molecular weight excluding hydrogens is 440 g/mol. The predicted molar refractivity (Wildman–Crippen MR) is 129 cm³/mol. The molecule has 6 nitrogen and oxygen atoms in total. The van der Waals surface area contributed by atoms with E-state index in [1.807, 2.05) is 67.1 Å². The average molecular weight is 461 g/mol. The maximum atomic E-state index is 13.5. The van der Waals surface area contributed by atoms with E-state index in [0.29, 0.717) is 23.3 Å². The highest BCUT2D eigenvalue weighted by Gasteiger charge is 2.23. The number of carbonyl (C=O) groups is 1. The van der Waals surface area contributed by atoms with E-state index in [1.165, 1.54) is 11.3 Å². The molecule has 2 aromatic carbocycles. The lowest BCUT2D eigenvalue weighted by molar-refractivity contribution is -0.117. The van der Waals surface area contributed by atoms with E-state index < -0.39 is 0 Å². The number of benzene rings is 2. The highest BCUT2D eigenvalue weighted by molar-refractivity contribution is 7.22. The van der Waals surface area contributed by atoms with Gasteiger partial charge in [-0.3, -0.25) is 9.69 Å². The monoisotopic (exact) mass is 460 g/mol. The summed E-state index contributed by atoms with van der Waals surface area (Å²) < 4.78 is 6.42. The first-order valence-electron chi connectivity index (χ1n) is 10.2. The molecule has 0 aliphatic rings. The smallest absolute Gasteiger partial charge is 0.233 e. The van der Waals surface area contributed by atoms with E-state index in [1.54, 1.807) is 16.2 Å². The van der Waals surface area contributed by atoms with Crippen LogP contribution in [0.3, 0.4) is 0 Å². The summed E-state index contributed by atoms with van der Waals surface area (Å²) in [5, 5.41) is 8.63. The van der Waals surface area contributed by atoms with Crippen molar-refractivity contribution in [3.63, 3.8) is 0 Å². The molecule has 0 spiro atoms. The van der Waals surface area contributed by atoms with Crippen molar-refractivity contribution in [1.29, 1.82) is 0 Å². The van der Waals surface area contributed by atoms with Crippen molar-refractivity contribution >= 4 is 49.6 Å². The third kappa shape index (κ3) is 4.19. The van der Waals surface area contributed by atoms with Gasteiger partial charge in [0, 0.05) is 23.8 Å². The molecule has 0 aliphatic heterocycles. The summed E-state index contributed by atoms with van der Waals surface area (Å²) in [7, 11) is 0. The highest BCUT2D eigenvalue weighted by Crippen LogP contribution is 2.35. The number of thiazole rings is 1. The van der Waals surface area contributed by atoms with Crippen LogP contribution in [0.4, 0.5) is 10.8 Å². The Bertz CT molecular complexity index is 1340. The van der Waals surface area contributed by atoms with Gasteiger partial charge in [-0.2, -0.15) is 16.3 Å². The zero-order chi connectivity index (χ0) is 22.1. The van der Waals surface area contributed by atoms with Crippen LogP contribution in [0.25, 0.3) is 21.6 Å². The number of hydrogen-bond acceptors (Lipinski definition) is 7. The Balaban J connectivity index is 1.44. The van der Waals surface area contributed by atoms with Crippen LogP contribution in [0, 0.1) is 13.8 Å². The predicted octanol–water partition coefficient (Wildman–Crippen LogP) is 6.32. The zero-order valence-electron chi connectivity index (χ0n) is 17.6. The van der Waals surface area contributed by atoms with Gasteiger partial charge < -0.3 is 4.52 Å². The minimum Gasteiger partial charge on any atom is -0.339 e. The summed E-state index contributed by atoms with van der Waals surface area (Å²) in [5.41, 5.74) is 4.80. The van der Waals surface area contributed by atoms with E-state index >= 15 is 0 Å². The van der Waals surface area contributed by atoms with Gasteiger partial charge in [0.05, 0.1) is 15.9 Å². The molecule has 0 aliphatic carbocycles. The molecule has 160 valence electrons. The first kappa shape index (κ1) is 20.5. The van der Waals surface area contributed by atoms with Gasteiger partial charge in [0.25, 0.3) is 0 Å². The minimum absolute atomic E-state index is 0.0654. The molecule has 0 bridgehead atoms. The number of thiophene rings is 1. The van der Waals surface area contributed by atoms with E-state index in [4.69, 9.17) is 9.51 Å². The fraction of sp³-hybridized carbons (Fsp3) is 0.167. The zero-order valence-corrected chi connectivity index (χ0v) is 19.2. The highest BCUT2D eigenvalue weighted by atomic mass is 32.1. The van der Waals surface area contributed by atoms with E-state index in [9.17, 15) is 4.79 Å². The largest absolute Gasteiger partial charge is 0.339 e. The average Bonchev–Trinajstić information content (AvgIpc) is 3.51. The number of para-hydroxylation sites is 1. The quantitative estimate of drug-likeness (QED) is 0.296. The van der Waals surface area contributed by atoms with Crippen molar-refractivity contribution in [2.24, 2.45) is 0 Å². The Kier molecular flexibility index (Phi) is 5.55. The number of nitrogens with zero attached hydrogens (tertiary/aromatic N) is 4. The van der Waals surface area contributed by atoms with Gasteiger partial charge in [0.2, 0.25) is 17.6 Å². The topological polar surface area (TPSA) is 72.1 Å². The van der Waals surface area contributed by atoms with Crippen LogP contribution in [0.1, 0.15) is 23.4 Å². The van der Waals surface area contributed by atoms with Crippen LogP contribution in [-0.4, -0.2) is 21.0 Å². The molecule has 1 amide bonds. The van der Waals surface area contributed by atoms with E-state index in [-0.39, 0.29) is 12.3 Å². The molecule has 0 radical (unpaired) electrons. The molecule has 5 rings (SSSR count). The Morgan fingerprint density at radius 1 is 1.06 bits per heavy atom. The molecule has 0 unspecified atom stereocenters. The van der Waals surface area contributed by atoms with Crippen LogP contribution in [0.15, 0.2) is 63.8 Å². The molecule has 32 heavy (non-hydrogen) atoms. The summed E-state index contributed by atoms with van der Waals surface area (Å²) in [4.78, 5) is 24.3. The maximum Gasteiger partial charge on any atom is 0.233 e. The molecule has 0 N–H and O–H groups in total. The van der Waals surface area contributed by atoms with Crippen molar-refractivity contribution in [2.45, 2.75) is 26.7 Å². The normalized spacial score (nSPS) is 11.2. The van der Waals surface area contributed by atoms with Crippen molar-refractivity contribution in [3.8, 4) is 11.4 Å². The maximum absolute atomic E-state index is 13.5. The standard InChI is InChI=1S/C24H20N4O2S2/c1-15-11-16(2)13-18(12-15)28(24-25-19-5-3-4-6-20(19)32-24)22(29)8-7-21-26-23(27-30-21)17-9-10-31-14-17/h3-6,9-14H,7-8H2,1-2H3. The lowest BCUT2D eigenvalue weighted by Crippen LogP contribution is -2.26. The molecule has 8 heteroatoms. The van der Waals surface area contributed by atoms with Gasteiger partial charge in [0.1, 0.15) is 0 Å². The van der Waals surface area contributed by atoms with Crippen molar-refractivity contribution in [3.05, 3.63) is 76.3 Å². The van der Waals surface area contributed by atoms with Crippen LogP contribution < -0.4 is 4.90 Å². The number of amides is 1. The minimum atomic E-state index is -0.0654. The third-order valence-corrected chi connectivity index (χ3v) is 6.69. The Morgan fingerprint density at radius 2 is 1.88 bits per heavy atom. The molecular formula is C24H20N4O2S2. The summed E-state index contributed by atoms with van der Waals surface area (Å²) in [5.74, 6) is 0.930. The third-order valence-electron chi connectivity index (χ3n) is 4.99. The van der Waals surface area contributed by atoms with Crippen molar-refractivity contribution in [1.82, 2.24) is 15.1 Å². The molecule has 3 aromatic heterocycles. The molecule has 0 saturated carbocycles. The van der Waals surface area contributed by atoms with E-state index in [2.05, 4.69) is 16.2 Å².